The second-order valence-electron chi connectivity index (χ2n) is 4.24. The first kappa shape index (κ1) is 17.2. The van der Waals surface area contributed by atoms with Crippen molar-refractivity contribution in [2.24, 2.45) is 4.99 Å². The molecular formula is C12H15NO7S. The van der Waals surface area contributed by atoms with Gasteiger partial charge in [0.05, 0.1) is 11.8 Å². The number of nitrogens with zero attached hydrogens (tertiary/aromatic N) is 1. The van der Waals surface area contributed by atoms with Gasteiger partial charge in [-0.15, -0.1) is 0 Å². The minimum absolute atomic E-state index is 0.0829. The smallest absolute Gasteiger partial charge is 0.303 e. The van der Waals surface area contributed by atoms with Gasteiger partial charge in [0, 0.05) is 20.8 Å². The Kier molecular flexibility index (Phi) is 6.41. The summed E-state index contributed by atoms with van der Waals surface area (Å²) in [4.78, 5) is 37.3. The van der Waals surface area contributed by atoms with Gasteiger partial charge in [0.2, 0.25) is 0 Å². The molecule has 4 atom stereocenters. The van der Waals surface area contributed by atoms with Crippen molar-refractivity contribution in [3.05, 3.63) is 0 Å². The highest BCUT2D eigenvalue weighted by molar-refractivity contribution is 7.78. The Morgan fingerprint density at radius 3 is 2.05 bits per heavy atom. The van der Waals surface area contributed by atoms with E-state index in [0.717, 1.165) is 0 Å². The van der Waals surface area contributed by atoms with Crippen LogP contribution in [0.15, 0.2) is 4.99 Å². The number of ether oxygens (including phenoxy) is 4. The van der Waals surface area contributed by atoms with Crippen molar-refractivity contribution in [3.63, 3.8) is 0 Å². The molecule has 0 aliphatic carbocycles. The molecule has 1 heterocycles. The number of rotatable bonds is 4. The van der Waals surface area contributed by atoms with Gasteiger partial charge in [-0.3, -0.25) is 14.4 Å². The topological polar surface area (TPSA) is 100 Å². The Morgan fingerprint density at radius 1 is 1.05 bits per heavy atom. The molecule has 1 saturated heterocycles. The predicted molar refractivity (Wildman–Crippen MR) is 71.4 cm³/mol. The highest BCUT2D eigenvalue weighted by Gasteiger charge is 2.46. The van der Waals surface area contributed by atoms with Crippen molar-refractivity contribution in [2.75, 3.05) is 6.61 Å². The highest BCUT2D eigenvalue weighted by atomic mass is 32.1. The number of aliphatic imine (C=N–C) groups is 1. The van der Waals surface area contributed by atoms with Gasteiger partial charge in [0.25, 0.3) is 0 Å². The van der Waals surface area contributed by atoms with E-state index in [1.54, 1.807) is 0 Å². The van der Waals surface area contributed by atoms with E-state index < -0.39 is 42.4 Å². The van der Waals surface area contributed by atoms with Gasteiger partial charge in [0.15, 0.2) is 24.5 Å². The molecule has 1 fully saturated rings. The maximum Gasteiger partial charge on any atom is 0.303 e. The van der Waals surface area contributed by atoms with E-state index in [4.69, 9.17) is 18.9 Å². The molecule has 0 saturated carbocycles. The molecule has 0 radical (unpaired) electrons. The summed E-state index contributed by atoms with van der Waals surface area (Å²) < 4.78 is 20.5. The summed E-state index contributed by atoms with van der Waals surface area (Å²) in [6.45, 7) is 3.48. The zero-order valence-corrected chi connectivity index (χ0v) is 12.5. The quantitative estimate of drug-likeness (QED) is 0.314. The number of thiocarbonyl (C=S) groups is 1. The van der Waals surface area contributed by atoms with E-state index in [1.807, 2.05) is 0 Å². The fourth-order valence-electron chi connectivity index (χ4n) is 1.89. The van der Waals surface area contributed by atoms with E-state index in [2.05, 4.69) is 22.4 Å². The van der Waals surface area contributed by atoms with Crippen LogP contribution in [0.5, 0.6) is 0 Å². The average molecular weight is 317 g/mol. The first-order valence-electron chi connectivity index (χ1n) is 6.05. The Morgan fingerprint density at radius 2 is 1.57 bits per heavy atom. The molecule has 0 bridgehead atoms. The second kappa shape index (κ2) is 7.82. The fourth-order valence-corrected chi connectivity index (χ4v) is 1.99. The summed E-state index contributed by atoms with van der Waals surface area (Å²) in [7, 11) is 0. The molecule has 0 amide bonds. The van der Waals surface area contributed by atoms with E-state index in [-0.39, 0.29) is 6.61 Å². The molecular weight excluding hydrogens is 302 g/mol. The SMILES string of the molecule is CC(=O)O[C@H]1[C@H](OC(C)=O)[C@H](OC(C)=O)CO[C@H]1N=C=S. The largest absolute Gasteiger partial charge is 0.456 e. The Balaban J connectivity index is 3.05. The summed E-state index contributed by atoms with van der Waals surface area (Å²) in [6, 6.07) is 0. The van der Waals surface area contributed by atoms with Crippen LogP contribution in [-0.2, 0) is 33.3 Å². The van der Waals surface area contributed by atoms with Crippen molar-refractivity contribution in [3.8, 4) is 0 Å². The number of hydrogen-bond acceptors (Lipinski definition) is 9. The molecule has 1 aliphatic heterocycles. The minimum atomic E-state index is -1.08. The lowest BCUT2D eigenvalue weighted by Crippen LogP contribution is -2.56. The standard InChI is InChI=1S/C12H15NO7S/c1-6(14)18-9-4-17-12(13-5-21)11(20-8(3)16)10(9)19-7(2)15/h9-12H,4H2,1-3H3/t9-,10-,11+,12-/m1/s1. The van der Waals surface area contributed by atoms with E-state index in [0.29, 0.717) is 0 Å². The molecule has 0 unspecified atom stereocenters. The highest BCUT2D eigenvalue weighted by Crippen LogP contribution is 2.24. The molecule has 116 valence electrons. The monoisotopic (exact) mass is 317 g/mol. The van der Waals surface area contributed by atoms with Crippen molar-refractivity contribution in [2.45, 2.75) is 45.3 Å². The first-order valence-corrected chi connectivity index (χ1v) is 6.46. The molecule has 0 aromatic rings. The average Bonchev–Trinajstić information content (AvgIpc) is 2.35. The number of carbonyl (C=O) groups is 3. The summed E-state index contributed by atoms with van der Waals surface area (Å²) >= 11 is 4.49. The van der Waals surface area contributed by atoms with Crippen LogP contribution in [0, 0.1) is 0 Å². The lowest BCUT2D eigenvalue weighted by atomic mass is 10.0. The van der Waals surface area contributed by atoms with Gasteiger partial charge in [0.1, 0.15) is 0 Å². The summed E-state index contributed by atoms with van der Waals surface area (Å²) in [5, 5.41) is 2.11. The van der Waals surface area contributed by atoms with Gasteiger partial charge in [-0.25, -0.2) is 0 Å². The van der Waals surface area contributed by atoms with Crippen LogP contribution in [0.25, 0.3) is 0 Å². The third kappa shape index (κ3) is 5.22. The van der Waals surface area contributed by atoms with Crippen LogP contribution < -0.4 is 0 Å². The fraction of sp³-hybridized carbons (Fsp3) is 0.667. The zero-order valence-electron chi connectivity index (χ0n) is 11.7. The molecule has 0 N–H and O–H groups in total. The third-order valence-corrected chi connectivity index (χ3v) is 2.61. The van der Waals surface area contributed by atoms with Crippen LogP contribution in [0.3, 0.4) is 0 Å². The molecule has 0 spiro atoms. The van der Waals surface area contributed by atoms with E-state index in [1.165, 1.54) is 20.8 Å². The molecule has 21 heavy (non-hydrogen) atoms. The van der Waals surface area contributed by atoms with Gasteiger partial charge in [-0.2, -0.15) is 4.99 Å². The van der Waals surface area contributed by atoms with Crippen molar-refractivity contribution < 1.29 is 33.3 Å². The number of isothiocyanates is 1. The van der Waals surface area contributed by atoms with Gasteiger partial charge in [-0.05, 0) is 12.2 Å². The zero-order chi connectivity index (χ0) is 16.0. The maximum absolute atomic E-state index is 11.2. The second-order valence-corrected chi connectivity index (χ2v) is 4.42. The molecule has 0 aromatic carbocycles. The molecule has 8 nitrogen and oxygen atoms in total. The predicted octanol–water partition coefficient (Wildman–Crippen LogP) is 0.241. The maximum atomic E-state index is 11.2. The Labute approximate surface area is 126 Å². The third-order valence-electron chi connectivity index (χ3n) is 2.50. The number of hydrogen-bond donors (Lipinski definition) is 0. The van der Waals surface area contributed by atoms with Gasteiger partial charge in [-0.1, -0.05) is 0 Å². The number of carbonyl (C=O) groups excluding carboxylic acids is 3. The van der Waals surface area contributed by atoms with Crippen molar-refractivity contribution >= 4 is 35.3 Å². The summed E-state index contributed by atoms with van der Waals surface area (Å²) in [5.74, 6) is -1.84. The first-order chi connectivity index (χ1) is 9.85. The van der Waals surface area contributed by atoms with E-state index in [9.17, 15) is 14.4 Å². The minimum Gasteiger partial charge on any atom is -0.456 e. The van der Waals surface area contributed by atoms with Crippen LogP contribution >= 0.6 is 12.2 Å². The Bertz CT molecular complexity index is 474. The normalized spacial score (nSPS) is 28.0. The lowest BCUT2D eigenvalue weighted by molar-refractivity contribution is -0.224. The van der Waals surface area contributed by atoms with Crippen molar-refractivity contribution in [1.82, 2.24) is 0 Å². The molecule has 1 aliphatic rings. The van der Waals surface area contributed by atoms with Crippen LogP contribution in [0.1, 0.15) is 20.8 Å². The molecule has 1 rings (SSSR count). The lowest BCUT2D eigenvalue weighted by Gasteiger charge is -2.38. The van der Waals surface area contributed by atoms with Gasteiger partial charge < -0.3 is 18.9 Å². The summed E-state index contributed by atoms with van der Waals surface area (Å²) in [6.07, 6.45) is -4.02. The molecule has 0 aromatic heterocycles. The van der Waals surface area contributed by atoms with Gasteiger partial charge >= 0.3 is 17.9 Å². The van der Waals surface area contributed by atoms with Crippen molar-refractivity contribution in [1.29, 1.82) is 0 Å². The van der Waals surface area contributed by atoms with Crippen LogP contribution in [0.4, 0.5) is 0 Å². The molecule has 9 heteroatoms. The summed E-state index contributed by atoms with van der Waals surface area (Å²) in [5.41, 5.74) is 0. The van der Waals surface area contributed by atoms with Crippen LogP contribution in [-0.4, -0.2) is 54.2 Å². The number of esters is 3. The van der Waals surface area contributed by atoms with Crippen LogP contribution in [0.2, 0.25) is 0 Å². The van der Waals surface area contributed by atoms with E-state index >= 15 is 0 Å². The Hall–Kier alpha value is -1.83.